The fourth-order valence-corrected chi connectivity index (χ4v) is 3.27. The highest BCUT2D eigenvalue weighted by molar-refractivity contribution is 6.30. The van der Waals surface area contributed by atoms with Crippen LogP contribution < -0.4 is 5.01 Å². The smallest absolute Gasteiger partial charge is 0.267 e. The molecule has 1 amide bonds. The van der Waals surface area contributed by atoms with Crippen LogP contribution >= 0.6 is 11.6 Å². The first-order valence-corrected chi connectivity index (χ1v) is 9.57. The SMILES string of the molecule is O=C1C(=Cc2ccc([N+](=O)[O-])cc2)CC(c2ccc(Cl)cc2)=NN1c1ccccc1. The molecule has 0 radical (unpaired) electrons. The van der Waals surface area contributed by atoms with E-state index < -0.39 is 4.92 Å². The number of nitrogens with zero attached hydrogens (tertiary/aromatic N) is 3. The number of carbonyl (C=O) groups excluding carboxylic acids is 1. The molecule has 0 aliphatic carbocycles. The van der Waals surface area contributed by atoms with Gasteiger partial charge in [0.15, 0.2) is 0 Å². The van der Waals surface area contributed by atoms with Crippen LogP contribution in [0.3, 0.4) is 0 Å². The molecule has 0 aromatic heterocycles. The minimum Gasteiger partial charge on any atom is -0.267 e. The van der Waals surface area contributed by atoms with Gasteiger partial charge in [0.2, 0.25) is 0 Å². The first-order chi connectivity index (χ1) is 14.5. The summed E-state index contributed by atoms with van der Waals surface area (Å²) in [4.78, 5) is 23.6. The first-order valence-electron chi connectivity index (χ1n) is 9.19. The van der Waals surface area contributed by atoms with Crippen LogP contribution in [0.2, 0.25) is 5.02 Å². The zero-order chi connectivity index (χ0) is 21.1. The Labute approximate surface area is 177 Å². The maximum absolute atomic E-state index is 13.2. The topological polar surface area (TPSA) is 75.8 Å². The van der Waals surface area contributed by atoms with Gasteiger partial charge in [-0.05, 0) is 53.6 Å². The van der Waals surface area contributed by atoms with E-state index in [0.717, 1.165) is 11.3 Å². The van der Waals surface area contributed by atoms with Crippen LogP contribution in [0.4, 0.5) is 11.4 Å². The van der Waals surface area contributed by atoms with Gasteiger partial charge in [-0.15, -0.1) is 0 Å². The number of hydrogen-bond acceptors (Lipinski definition) is 4. The summed E-state index contributed by atoms with van der Waals surface area (Å²) in [6.45, 7) is 0. The summed E-state index contributed by atoms with van der Waals surface area (Å²) in [7, 11) is 0. The van der Waals surface area contributed by atoms with Crippen LogP contribution in [0.5, 0.6) is 0 Å². The van der Waals surface area contributed by atoms with Crippen molar-refractivity contribution < 1.29 is 9.72 Å². The summed E-state index contributed by atoms with van der Waals surface area (Å²) in [5.41, 5.74) is 3.48. The van der Waals surface area contributed by atoms with Crippen LogP contribution in [0.1, 0.15) is 17.5 Å². The molecule has 3 aromatic carbocycles. The third-order valence-electron chi connectivity index (χ3n) is 4.67. The maximum atomic E-state index is 13.2. The first kappa shape index (κ1) is 19.5. The van der Waals surface area contributed by atoms with Gasteiger partial charge in [0.1, 0.15) is 0 Å². The van der Waals surface area contributed by atoms with Crippen molar-refractivity contribution in [3.05, 3.63) is 111 Å². The van der Waals surface area contributed by atoms with Crippen molar-refractivity contribution >= 4 is 40.7 Å². The summed E-state index contributed by atoms with van der Waals surface area (Å²) in [5.74, 6) is -0.239. The maximum Gasteiger partial charge on any atom is 0.275 e. The number of benzene rings is 3. The van der Waals surface area contributed by atoms with E-state index in [1.165, 1.54) is 17.1 Å². The molecule has 30 heavy (non-hydrogen) atoms. The molecule has 0 atom stereocenters. The Hall–Kier alpha value is -3.77. The van der Waals surface area contributed by atoms with E-state index in [-0.39, 0.29) is 11.6 Å². The number of halogens is 1. The van der Waals surface area contributed by atoms with E-state index >= 15 is 0 Å². The molecular weight excluding hydrogens is 402 g/mol. The average Bonchev–Trinajstić information content (AvgIpc) is 2.77. The highest BCUT2D eigenvalue weighted by Crippen LogP contribution is 2.27. The van der Waals surface area contributed by atoms with Gasteiger partial charge in [-0.3, -0.25) is 14.9 Å². The van der Waals surface area contributed by atoms with Gasteiger partial charge in [0.05, 0.1) is 16.3 Å². The van der Waals surface area contributed by atoms with Crippen LogP contribution in [-0.4, -0.2) is 16.5 Å². The van der Waals surface area contributed by atoms with Crippen LogP contribution in [0.15, 0.2) is 89.5 Å². The number of carbonyl (C=O) groups is 1. The fourth-order valence-electron chi connectivity index (χ4n) is 3.15. The zero-order valence-corrected chi connectivity index (χ0v) is 16.5. The summed E-state index contributed by atoms with van der Waals surface area (Å²) >= 11 is 6.01. The van der Waals surface area contributed by atoms with Crippen LogP contribution in [0, 0.1) is 10.1 Å². The number of nitro benzene ring substituents is 1. The van der Waals surface area contributed by atoms with Gasteiger partial charge in [-0.25, -0.2) is 0 Å². The lowest BCUT2D eigenvalue weighted by Gasteiger charge is -2.25. The fraction of sp³-hybridized carbons (Fsp3) is 0.0435. The number of hydrogen-bond donors (Lipinski definition) is 0. The predicted octanol–water partition coefficient (Wildman–Crippen LogP) is 5.47. The van der Waals surface area contributed by atoms with Gasteiger partial charge in [-0.2, -0.15) is 10.1 Å². The Morgan fingerprint density at radius 1 is 0.967 bits per heavy atom. The monoisotopic (exact) mass is 417 g/mol. The molecule has 0 saturated carbocycles. The summed E-state index contributed by atoms with van der Waals surface area (Å²) < 4.78 is 0. The highest BCUT2D eigenvalue weighted by Gasteiger charge is 2.27. The second-order valence-corrected chi connectivity index (χ2v) is 7.14. The van der Waals surface area contributed by atoms with Crippen LogP contribution in [0.25, 0.3) is 6.08 Å². The van der Waals surface area contributed by atoms with E-state index in [4.69, 9.17) is 11.6 Å². The molecule has 0 N–H and O–H groups in total. The molecule has 4 rings (SSSR count). The standard InChI is InChI=1S/C23H16ClN3O3/c24-19-10-8-17(9-11-19)22-15-18(14-16-6-12-21(13-7-16)27(29)30)23(28)26(25-22)20-4-2-1-3-5-20/h1-14H,15H2. The molecule has 3 aromatic rings. The van der Waals surface area contributed by atoms with Gasteiger partial charge in [0.25, 0.3) is 11.6 Å². The lowest BCUT2D eigenvalue weighted by molar-refractivity contribution is -0.384. The lowest BCUT2D eigenvalue weighted by atomic mass is 9.98. The molecule has 0 fully saturated rings. The Kier molecular flexibility index (Phi) is 5.41. The van der Waals surface area contributed by atoms with Crippen molar-refractivity contribution in [3.8, 4) is 0 Å². The van der Waals surface area contributed by atoms with E-state index in [2.05, 4.69) is 5.10 Å². The predicted molar refractivity (Wildman–Crippen MR) is 118 cm³/mol. The molecule has 7 heteroatoms. The van der Waals surface area contributed by atoms with E-state index in [9.17, 15) is 14.9 Å². The largest absolute Gasteiger partial charge is 0.275 e. The molecule has 6 nitrogen and oxygen atoms in total. The lowest BCUT2D eigenvalue weighted by Crippen LogP contribution is -2.33. The Morgan fingerprint density at radius 3 is 2.27 bits per heavy atom. The molecule has 1 heterocycles. The molecule has 0 saturated heterocycles. The van der Waals surface area contributed by atoms with Crippen molar-refractivity contribution in [2.45, 2.75) is 6.42 Å². The van der Waals surface area contributed by atoms with E-state index in [1.54, 1.807) is 30.3 Å². The summed E-state index contributed by atoms with van der Waals surface area (Å²) in [6.07, 6.45) is 2.08. The van der Waals surface area contributed by atoms with Crippen molar-refractivity contribution in [1.29, 1.82) is 0 Å². The van der Waals surface area contributed by atoms with Crippen molar-refractivity contribution in [1.82, 2.24) is 0 Å². The highest BCUT2D eigenvalue weighted by atomic mass is 35.5. The quantitative estimate of drug-likeness (QED) is 0.320. The number of hydrazone groups is 1. The average molecular weight is 418 g/mol. The van der Waals surface area contributed by atoms with Gasteiger partial charge >= 0.3 is 0 Å². The molecule has 0 unspecified atom stereocenters. The van der Waals surface area contributed by atoms with Crippen molar-refractivity contribution in [2.24, 2.45) is 5.10 Å². The number of nitro groups is 1. The summed E-state index contributed by atoms with van der Waals surface area (Å²) in [6, 6.07) is 22.6. The third kappa shape index (κ3) is 4.14. The molecule has 1 aliphatic heterocycles. The van der Waals surface area contributed by atoms with Gasteiger partial charge in [0, 0.05) is 29.1 Å². The number of amides is 1. The molecular formula is C23H16ClN3O3. The number of rotatable bonds is 4. The summed E-state index contributed by atoms with van der Waals surface area (Å²) in [5, 5.41) is 17.5. The third-order valence-corrected chi connectivity index (χ3v) is 4.92. The normalized spacial score (nSPS) is 15.2. The molecule has 1 aliphatic rings. The Morgan fingerprint density at radius 2 is 1.63 bits per heavy atom. The second kappa shape index (κ2) is 8.31. The number of non-ortho nitro benzene ring substituents is 1. The van der Waals surface area contributed by atoms with E-state index in [0.29, 0.717) is 28.3 Å². The van der Waals surface area contributed by atoms with Gasteiger partial charge < -0.3 is 0 Å². The van der Waals surface area contributed by atoms with Gasteiger partial charge in [-0.1, -0.05) is 41.9 Å². The second-order valence-electron chi connectivity index (χ2n) is 6.70. The Balaban J connectivity index is 1.75. The van der Waals surface area contributed by atoms with E-state index in [1.807, 2.05) is 42.5 Å². The number of para-hydroxylation sites is 1. The molecule has 148 valence electrons. The number of anilines is 1. The molecule has 0 bridgehead atoms. The van der Waals surface area contributed by atoms with Crippen molar-refractivity contribution in [2.75, 3.05) is 5.01 Å². The zero-order valence-electron chi connectivity index (χ0n) is 15.7. The van der Waals surface area contributed by atoms with Crippen LogP contribution in [-0.2, 0) is 4.79 Å². The van der Waals surface area contributed by atoms with Crippen molar-refractivity contribution in [3.63, 3.8) is 0 Å². The minimum atomic E-state index is -0.453. The Bertz CT molecular complexity index is 1150. The molecule has 0 spiro atoms. The minimum absolute atomic E-state index is 0.00134.